The van der Waals surface area contributed by atoms with Gasteiger partial charge in [-0.3, -0.25) is 0 Å². The van der Waals surface area contributed by atoms with Crippen molar-refractivity contribution in [1.82, 2.24) is 0 Å². The molecular weight excluding hydrogens is 335 g/mol. The van der Waals surface area contributed by atoms with Crippen LogP contribution < -0.4 is 0 Å². The molecule has 20 heavy (non-hydrogen) atoms. The zero-order chi connectivity index (χ0) is 17.0. The summed E-state index contributed by atoms with van der Waals surface area (Å²) < 4.78 is 156. The molecule has 1 unspecified atom stereocenters. The first-order valence-electron chi connectivity index (χ1n) is 3.93. The highest BCUT2D eigenvalue weighted by Crippen LogP contribution is 2.60. The molecule has 0 aromatic carbocycles. The molecule has 0 saturated carbocycles. The molecular formula is C6HF13O. The van der Waals surface area contributed by atoms with Gasteiger partial charge in [0.2, 0.25) is 0 Å². The van der Waals surface area contributed by atoms with E-state index in [9.17, 15) is 57.1 Å². The molecule has 0 rings (SSSR count). The van der Waals surface area contributed by atoms with Crippen LogP contribution in [0.4, 0.5) is 57.1 Å². The summed E-state index contributed by atoms with van der Waals surface area (Å²) >= 11 is 0. The molecule has 122 valence electrons. The van der Waals surface area contributed by atoms with E-state index in [1.807, 2.05) is 0 Å². The van der Waals surface area contributed by atoms with Gasteiger partial charge in [0.15, 0.2) is 0 Å². The normalized spacial score (nSPS) is 18.9. The summed E-state index contributed by atoms with van der Waals surface area (Å²) in [4.78, 5) is 0. The second kappa shape index (κ2) is 4.27. The summed E-state index contributed by atoms with van der Waals surface area (Å²) in [5.74, 6) is -15.4. The van der Waals surface area contributed by atoms with Crippen LogP contribution in [0.15, 0.2) is 0 Å². The molecule has 1 nitrogen and oxygen atoms in total. The summed E-state index contributed by atoms with van der Waals surface area (Å²) in [5.41, 5.74) is -7.97. The van der Waals surface area contributed by atoms with Crippen LogP contribution in [0.2, 0.25) is 0 Å². The van der Waals surface area contributed by atoms with Gasteiger partial charge >= 0.3 is 36.0 Å². The number of alkyl halides is 13. The number of hydrogen-bond acceptors (Lipinski definition) is 1. The maximum absolute atomic E-state index is 12.7. The lowest BCUT2D eigenvalue weighted by Crippen LogP contribution is -2.74. The average molecular weight is 336 g/mol. The third kappa shape index (κ3) is 2.26. The lowest BCUT2D eigenvalue weighted by molar-refractivity contribution is -0.470. The monoisotopic (exact) mass is 336 g/mol. The van der Waals surface area contributed by atoms with E-state index >= 15 is 0 Å². The molecule has 0 amide bonds. The van der Waals surface area contributed by atoms with Crippen LogP contribution in [0.1, 0.15) is 0 Å². The lowest BCUT2D eigenvalue weighted by Gasteiger charge is -2.40. The van der Waals surface area contributed by atoms with Crippen molar-refractivity contribution in [2.45, 2.75) is 36.0 Å². The molecule has 0 aliphatic heterocycles. The maximum Gasteiger partial charge on any atom is 0.454 e. The molecule has 1 N–H and O–H groups in total. The van der Waals surface area contributed by atoms with E-state index in [1.54, 1.807) is 0 Å². The zero-order valence-corrected chi connectivity index (χ0v) is 8.36. The van der Waals surface area contributed by atoms with Crippen molar-refractivity contribution in [2.75, 3.05) is 0 Å². The molecule has 14 heteroatoms. The van der Waals surface area contributed by atoms with Crippen LogP contribution in [-0.4, -0.2) is 41.1 Å². The van der Waals surface area contributed by atoms with Gasteiger partial charge in [0.25, 0.3) is 0 Å². The fourth-order valence-corrected chi connectivity index (χ4v) is 0.923. The zero-order valence-electron chi connectivity index (χ0n) is 8.36. The highest BCUT2D eigenvalue weighted by atomic mass is 19.4. The van der Waals surface area contributed by atoms with Gasteiger partial charge in [0.05, 0.1) is 0 Å². The highest BCUT2D eigenvalue weighted by Gasteiger charge is 2.93. The van der Waals surface area contributed by atoms with Crippen LogP contribution in [0.5, 0.6) is 0 Å². The van der Waals surface area contributed by atoms with Crippen molar-refractivity contribution in [3.8, 4) is 0 Å². The molecule has 0 aromatic rings. The van der Waals surface area contributed by atoms with Gasteiger partial charge in [-0.1, -0.05) is 0 Å². The second-order valence-electron chi connectivity index (χ2n) is 3.35. The predicted molar refractivity (Wildman–Crippen MR) is 33.0 cm³/mol. The minimum atomic E-state index is -7.97. The van der Waals surface area contributed by atoms with Crippen LogP contribution in [0.25, 0.3) is 0 Å². The maximum atomic E-state index is 12.7. The van der Waals surface area contributed by atoms with E-state index in [-0.39, 0.29) is 0 Å². The third-order valence-corrected chi connectivity index (χ3v) is 2.01. The fourth-order valence-electron chi connectivity index (χ4n) is 0.923. The molecule has 1 atom stereocenters. The Labute approximate surface area is 99.5 Å². The van der Waals surface area contributed by atoms with Crippen molar-refractivity contribution in [1.29, 1.82) is 0 Å². The quantitative estimate of drug-likeness (QED) is 0.763. The Hall–Kier alpha value is -0.950. The highest BCUT2D eigenvalue weighted by molar-refractivity contribution is 5.12. The summed E-state index contributed by atoms with van der Waals surface area (Å²) in [5, 5.41) is 7.66. The SMILES string of the molecule is OC(F)(C(F)(F)F)C(F)(F)C(F)(C(F)(F)F)C(F)(F)F. The van der Waals surface area contributed by atoms with Crippen LogP contribution in [0, 0.1) is 0 Å². The molecule has 0 saturated heterocycles. The molecule has 0 fully saturated rings. The summed E-state index contributed by atoms with van der Waals surface area (Å²) in [6.45, 7) is 0. The smallest absolute Gasteiger partial charge is 0.350 e. The van der Waals surface area contributed by atoms with Crippen LogP contribution in [0.3, 0.4) is 0 Å². The Balaban J connectivity index is 6.38. The fraction of sp³-hybridized carbons (Fsp3) is 1.00. The Morgan fingerprint density at radius 2 is 0.700 bits per heavy atom. The van der Waals surface area contributed by atoms with E-state index in [1.165, 1.54) is 0 Å². The first-order chi connectivity index (χ1) is 8.25. The number of rotatable bonds is 2. The van der Waals surface area contributed by atoms with Gasteiger partial charge in [-0.15, -0.1) is 0 Å². The van der Waals surface area contributed by atoms with E-state index < -0.39 is 36.0 Å². The molecule has 0 aliphatic rings. The van der Waals surface area contributed by atoms with Gasteiger partial charge in [-0.05, 0) is 0 Å². The Kier molecular flexibility index (Phi) is 4.07. The van der Waals surface area contributed by atoms with Crippen LogP contribution in [-0.2, 0) is 0 Å². The summed E-state index contributed by atoms with van der Waals surface area (Å²) in [7, 11) is 0. The molecule has 0 aliphatic carbocycles. The van der Waals surface area contributed by atoms with Crippen molar-refractivity contribution in [3.63, 3.8) is 0 Å². The standard InChI is InChI=1S/C6HF13O/c7-1(4(11,12)13,5(14,15)16)2(8,9)3(10,20)6(17,18)19/h20H. The lowest BCUT2D eigenvalue weighted by atomic mass is 9.89. The Morgan fingerprint density at radius 1 is 0.450 bits per heavy atom. The van der Waals surface area contributed by atoms with Gasteiger partial charge in [0, 0.05) is 0 Å². The summed E-state index contributed by atoms with van der Waals surface area (Å²) in [6, 6.07) is 0. The largest absolute Gasteiger partial charge is 0.454 e. The van der Waals surface area contributed by atoms with E-state index in [4.69, 9.17) is 5.11 Å². The molecule has 0 spiro atoms. The average Bonchev–Trinajstić information content (AvgIpc) is 2.10. The van der Waals surface area contributed by atoms with E-state index in [0.717, 1.165) is 0 Å². The second-order valence-corrected chi connectivity index (χ2v) is 3.35. The Bertz CT molecular complexity index is 343. The third-order valence-electron chi connectivity index (χ3n) is 2.01. The molecule has 0 heterocycles. The topological polar surface area (TPSA) is 20.2 Å². The van der Waals surface area contributed by atoms with Gasteiger partial charge in [-0.2, -0.15) is 52.7 Å². The van der Waals surface area contributed by atoms with Crippen molar-refractivity contribution < 1.29 is 62.2 Å². The van der Waals surface area contributed by atoms with Crippen molar-refractivity contribution in [3.05, 3.63) is 0 Å². The Morgan fingerprint density at radius 3 is 0.850 bits per heavy atom. The predicted octanol–water partition coefficient (Wildman–Crippen LogP) is 3.67. The van der Waals surface area contributed by atoms with Gasteiger partial charge in [-0.25, -0.2) is 4.39 Å². The van der Waals surface area contributed by atoms with Crippen LogP contribution >= 0.6 is 0 Å². The van der Waals surface area contributed by atoms with Crippen molar-refractivity contribution in [2.24, 2.45) is 0 Å². The molecule has 0 aromatic heterocycles. The molecule has 0 bridgehead atoms. The minimum Gasteiger partial charge on any atom is -0.350 e. The van der Waals surface area contributed by atoms with E-state index in [0.29, 0.717) is 0 Å². The number of halogens is 13. The van der Waals surface area contributed by atoms with Crippen molar-refractivity contribution >= 4 is 0 Å². The minimum absolute atomic E-state index is 7.33. The number of aliphatic hydroxyl groups is 1. The van der Waals surface area contributed by atoms with Gasteiger partial charge in [0.1, 0.15) is 0 Å². The van der Waals surface area contributed by atoms with Gasteiger partial charge < -0.3 is 5.11 Å². The van der Waals surface area contributed by atoms with E-state index in [2.05, 4.69) is 0 Å². The number of hydrogen-bond donors (Lipinski definition) is 1. The first kappa shape index (κ1) is 19.1. The summed E-state index contributed by atoms with van der Waals surface area (Å²) in [6.07, 6.45) is -22.7. The first-order valence-corrected chi connectivity index (χ1v) is 3.93. The molecule has 0 radical (unpaired) electrons.